The molecule has 0 bridgehead atoms. The number of hydrogen-bond acceptors (Lipinski definition) is 4. The second kappa shape index (κ2) is 7.83. The zero-order valence-electron chi connectivity index (χ0n) is 17.4. The van der Waals surface area contributed by atoms with Gasteiger partial charge in [-0.25, -0.2) is 8.42 Å². The summed E-state index contributed by atoms with van der Waals surface area (Å²) in [6, 6.07) is 8.60. The van der Waals surface area contributed by atoms with Crippen molar-refractivity contribution >= 4 is 27.3 Å². The van der Waals surface area contributed by atoms with Crippen LogP contribution in [-0.2, 0) is 20.2 Å². The molecule has 6 nitrogen and oxygen atoms in total. The van der Waals surface area contributed by atoms with E-state index in [1.54, 1.807) is 26.0 Å². The predicted molar refractivity (Wildman–Crippen MR) is 113 cm³/mol. The quantitative estimate of drug-likeness (QED) is 0.775. The SMILES string of the molecule is COc1ccc(NC(C)=O)cc1NS(=O)(=O)c1c(C)cc(C(C)(C)C)cc1C. The Morgan fingerprint density at radius 2 is 1.61 bits per heavy atom. The minimum Gasteiger partial charge on any atom is -0.495 e. The van der Waals surface area contributed by atoms with Gasteiger partial charge in [0.15, 0.2) is 0 Å². The van der Waals surface area contributed by atoms with E-state index < -0.39 is 10.0 Å². The van der Waals surface area contributed by atoms with E-state index in [1.807, 2.05) is 12.1 Å². The lowest BCUT2D eigenvalue weighted by molar-refractivity contribution is -0.114. The number of rotatable bonds is 5. The number of benzene rings is 2. The van der Waals surface area contributed by atoms with Gasteiger partial charge in [-0.15, -0.1) is 0 Å². The first kappa shape index (κ1) is 21.8. The van der Waals surface area contributed by atoms with Gasteiger partial charge in [-0.1, -0.05) is 32.9 Å². The highest BCUT2D eigenvalue weighted by Crippen LogP contribution is 2.33. The molecule has 0 aromatic heterocycles. The van der Waals surface area contributed by atoms with Crippen molar-refractivity contribution in [1.82, 2.24) is 0 Å². The third-order valence-electron chi connectivity index (χ3n) is 4.36. The van der Waals surface area contributed by atoms with Crippen LogP contribution in [0.1, 0.15) is 44.4 Å². The molecule has 2 N–H and O–H groups in total. The van der Waals surface area contributed by atoms with Gasteiger partial charge in [0.2, 0.25) is 5.91 Å². The van der Waals surface area contributed by atoms with Crippen LogP contribution in [-0.4, -0.2) is 21.4 Å². The molecule has 0 saturated carbocycles. The van der Waals surface area contributed by atoms with Crippen LogP contribution in [0.2, 0.25) is 0 Å². The molecule has 2 rings (SSSR count). The predicted octanol–water partition coefficient (Wildman–Crippen LogP) is 4.37. The molecule has 0 saturated heterocycles. The standard InChI is InChI=1S/C21H28N2O4S/c1-13-10-16(21(4,5)6)11-14(2)20(13)28(25,26)23-18-12-17(22-15(3)24)8-9-19(18)27-7/h8-12,23H,1-7H3,(H,22,24). The number of methoxy groups -OCH3 is 1. The normalized spacial score (nSPS) is 11.8. The highest BCUT2D eigenvalue weighted by Gasteiger charge is 2.24. The summed E-state index contributed by atoms with van der Waals surface area (Å²) in [6.07, 6.45) is 0. The average molecular weight is 405 g/mol. The van der Waals surface area contributed by atoms with Gasteiger partial charge in [0.1, 0.15) is 5.75 Å². The van der Waals surface area contributed by atoms with Crippen LogP contribution in [0, 0.1) is 13.8 Å². The van der Waals surface area contributed by atoms with Crippen LogP contribution in [0.5, 0.6) is 5.75 Å². The first-order valence-corrected chi connectivity index (χ1v) is 10.4. The van der Waals surface area contributed by atoms with Gasteiger partial charge < -0.3 is 10.1 Å². The zero-order valence-corrected chi connectivity index (χ0v) is 18.2. The molecule has 0 unspecified atom stereocenters. The van der Waals surface area contributed by atoms with Crippen molar-refractivity contribution in [1.29, 1.82) is 0 Å². The van der Waals surface area contributed by atoms with Crippen molar-refractivity contribution in [3.8, 4) is 5.75 Å². The summed E-state index contributed by atoms with van der Waals surface area (Å²) < 4.78 is 34.2. The Morgan fingerprint density at radius 1 is 1.04 bits per heavy atom. The highest BCUT2D eigenvalue weighted by molar-refractivity contribution is 7.92. The van der Waals surface area contributed by atoms with Crippen molar-refractivity contribution < 1.29 is 17.9 Å². The lowest BCUT2D eigenvalue weighted by Crippen LogP contribution is -2.19. The van der Waals surface area contributed by atoms with Crippen LogP contribution in [0.4, 0.5) is 11.4 Å². The first-order valence-electron chi connectivity index (χ1n) is 8.95. The maximum absolute atomic E-state index is 13.2. The topological polar surface area (TPSA) is 84.5 Å². The van der Waals surface area contributed by atoms with E-state index in [4.69, 9.17) is 4.74 Å². The van der Waals surface area contributed by atoms with Crippen LogP contribution >= 0.6 is 0 Å². The lowest BCUT2D eigenvalue weighted by Gasteiger charge is -2.22. The number of ether oxygens (including phenoxy) is 1. The molecule has 0 atom stereocenters. The Balaban J connectivity index is 2.51. The summed E-state index contributed by atoms with van der Waals surface area (Å²) in [4.78, 5) is 11.5. The smallest absolute Gasteiger partial charge is 0.262 e. The Hall–Kier alpha value is -2.54. The molecule has 152 valence electrons. The van der Waals surface area contributed by atoms with E-state index in [0.717, 1.165) is 5.56 Å². The molecule has 0 heterocycles. The second-order valence-electron chi connectivity index (χ2n) is 7.89. The molecule has 0 aliphatic rings. The van der Waals surface area contributed by atoms with Gasteiger partial charge >= 0.3 is 0 Å². The number of carbonyl (C=O) groups excluding carboxylic acids is 1. The van der Waals surface area contributed by atoms with E-state index >= 15 is 0 Å². The van der Waals surface area contributed by atoms with Crippen molar-refractivity contribution in [3.05, 3.63) is 47.0 Å². The Bertz CT molecular complexity index is 983. The molecule has 28 heavy (non-hydrogen) atoms. The summed E-state index contributed by atoms with van der Waals surface area (Å²) in [5.41, 5.74) is 3.08. The van der Waals surface area contributed by atoms with Crippen molar-refractivity contribution in [2.75, 3.05) is 17.1 Å². The monoisotopic (exact) mass is 404 g/mol. The summed E-state index contributed by atoms with van der Waals surface area (Å²) >= 11 is 0. The minimum absolute atomic E-state index is 0.0822. The fourth-order valence-electron chi connectivity index (χ4n) is 3.07. The molecule has 0 radical (unpaired) electrons. The molecule has 0 aliphatic heterocycles. The Labute approximate surface area is 167 Å². The number of aryl methyl sites for hydroxylation is 2. The minimum atomic E-state index is -3.86. The number of anilines is 2. The maximum Gasteiger partial charge on any atom is 0.262 e. The van der Waals surface area contributed by atoms with Gasteiger partial charge in [-0.2, -0.15) is 0 Å². The summed E-state index contributed by atoms with van der Waals surface area (Å²) in [6.45, 7) is 11.2. The summed E-state index contributed by atoms with van der Waals surface area (Å²) in [5.74, 6) is 0.114. The molecule has 2 aromatic carbocycles. The average Bonchev–Trinajstić information content (AvgIpc) is 2.52. The fourth-order valence-corrected chi connectivity index (χ4v) is 4.59. The molecule has 1 amide bonds. The van der Waals surface area contributed by atoms with Crippen LogP contribution in [0.25, 0.3) is 0 Å². The van der Waals surface area contributed by atoms with Crippen molar-refractivity contribution in [3.63, 3.8) is 0 Å². The van der Waals surface area contributed by atoms with Crippen LogP contribution in [0.15, 0.2) is 35.2 Å². The van der Waals surface area contributed by atoms with E-state index in [-0.39, 0.29) is 21.9 Å². The van der Waals surface area contributed by atoms with Gasteiger partial charge in [-0.05, 0) is 54.2 Å². The molecular formula is C21H28N2O4S. The highest BCUT2D eigenvalue weighted by atomic mass is 32.2. The number of carbonyl (C=O) groups is 1. The molecule has 0 aliphatic carbocycles. The first-order chi connectivity index (χ1) is 12.8. The van der Waals surface area contributed by atoms with Crippen molar-refractivity contribution in [2.24, 2.45) is 0 Å². The third kappa shape index (κ3) is 4.84. The largest absolute Gasteiger partial charge is 0.495 e. The maximum atomic E-state index is 13.2. The van der Waals surface area contributed by atoms with Crippen molar-refractivity contribution in [2.45, 2.75) is 51.9 Å². The van der Waals surface area contributed by atoms with Crippen LogP contribution in [0.3, 0.4) is 0 Å². The number of hydrogen-bond donors (Lipinski definition) is 2. The molecule has 0 fully saturated rings. The number of sulfonamides is 1. The lowest BCUT2D eigenvalue weighted by atomic mass is 9.85. The Morgan fingerprint density at radius 3 is 2.07 bits per heavy atom. The zero-order chi connectivity index (χ0) is 21.3. The van der Waals surface area contributed by atoms with Gasteiger partial charge in [-0.3, -0.25) is 9.52 Å². The van der Waals surface area contributed by atoms with Gasteiger partial charge in [0.25, 0.3) is 10.0 Å². The van der Waals surface area contributed by atoms with Gasteiger partial charge in [0.05, 0.1) is 17.7 Å². The molecular weight excluding hydrogens is 376 g/mol. The van der Waals surface area contributed by atoms with Gasteiger partial charge in [0, 0.05) is 12.6 Å². The summed E-state index contributed by atoms with van der Waals surface area (Å²) in [5, 5.41) is 2.64. The third-order valence-corrected chi connectivity index (χ3v) is 6.03. The molecule has 2 aromatic rings. The molecule has 0 spiro atoms. The second-order valence-corrected chi connectivity index (χ2v) is 9.51. The number of nitrogens with one attached hydrogen (secondary N) is 2. The van der Waals surface area contributed by atoms with E-state index in [9.17, 15) is 13.2 Å². The van der Waals surface area contributed by atoms with E-state index in [0.29, 0.717) is 22.6 Å². The number of amides is 1. The molecule has 7 heteroatoms. The Kier molecular flexibility index (Phi) is 6.09. The van der Waals surface area contributed by atoms with E-state index in [1.165, 1.54) is 20.1 Å². The fraction of sp³-hybridized carbons (Fsp3) is 0.381. The van der Waals surface area contributed by atoms with E-state index in [2.05, 4.69) is 30.8 Å². The van der Waals surface area contributed by atoms with Crippen LogP contribution < -0.4 is 14.8 Å². The summed E-state index contributed by atoms with van der Waals surface area (Å²) in [7, 11) is -2.40.